The Bertz CT molecular complexity index is 620. The lowest BCUT2D eigenvalue weighted by Gasteiger charge is -2.35. The standard InChI is InChI=1S/C17H25F2N3O4/c1-12(2)10-20-4-6-21(7-5-20)11-13-8-15(25-3)16(26-17(18)19)9-14(13)22(23)24/h8-9,12,17H,4-7,10-11H2,1-3H3. The lowest BCUT2D eigenvalue weighted by molar-refractivity contribution is -0.385. The number of hydrogen-bond donors (Lipinski definition) is 0. The summed E-state index contributed by atoms with van der Waals surface area (Å²) in [7, 11) is 1.31. The predicted octanol–water partition coefficient (Wildman–Crippen LogP) is 2.98. The van der Waals surface area contributed by atoms with Gasteiger partial charge in [0, 0.05) is 44.8 Å². The monoisotopic (exact) mass is 373 g/mol. The summed E-state index contributed by atoms with van der Waals surface area (Å²) >= 11 is 0. The van der Waals surface area contributed by atoms with E-state index in [1.807, 2.05) is 0 Å². The Balaban J connectivity index is 2.14. The minimum absolute atomic E-state index is 0.0596. The SMILES string of the molecule is COc1cc(CN2CCN(CC(C)C)CC2)c([N+](=O)[O-])cc1OC(F)F. The second-order valence-corrected chi connectivity index (χ2v) is 6.74. The van der Waals surface area contributed by atoms with Crippen LogP contribution in [0, 0.1) is 16.0 Å². The van der Waals surface area contributed by atoms with E-state index in [2.05, 4.69) is 28.4 Å². The Morgan fingerprint density at radius 2 is 1.77 bits per heavy atom. The quantitative estimate of drug-likeness (QED) is 0.516. The van der Waals surface area contributed by atoms with Crippen molar-refractivity contribution in [2.24, 2.45) is 5.92 Å². The van der Waals surface area contributed by atoms with Gasteiger partial charge in [0.05, 0.1) is 18.1 Å². The molecule has 1 aliphatic heterocycles. The summed E-state index contributed by atoms with van der Waals surface area (Å²) < 4.78 is 34.4. The molecule has 0 atom stereocenters. The molecule has 7 nitrogen and oxygen atoms in total. The number of benzene rings is 1. The van der Waals surface area contributed by atoms with E-state index in [9.17, 15) is 18.9 Å². The van der Waals surface area contributed by atoms with Crippen molar-refractivity contribution in [2.75, 3.05) is 39.8 Å². The molecule has 0 N–H and O–H groups in total. The first-order valence-electron chi connectivity index (χ1n) is 8.55. The average molecular weight is 373 g/mol. The summed E-state index contributed by atoms with van der Waals surface area (Å²) in [5, 5.41) is 11.4. The van der Waals surface area contributed by atoms with Crippen LogP contribution in [0.2, 0.25) is 0 Å². The second kappa shape index (κ2) is 9.09. The van der Waals surface area contributed by atoms with Crippen molar-refractivity contribution in [3.8, 4) is 11.5 Å². The van der Waals surface area contributed by atoms with Crippen molar-refractivity contribution in [1.29, 1.82) is 0 Å². The van der Waals surface area contributed by atoms with Crippen molar-refractivity contribution in [1.82, 2.24) is 9.80 Å². The molecule has 26 heavy (non-hydrogen) atoms. The zero-order chi connectivity index (χ0) is 19.3. The fraction of sp³-hybridized carbons (Fsp3) is 0.647. The summed E-state index contributed by atoms with van der Waals surface area (Å²) in [6.07, 6.45) is 0. The molecule has 1 aromatic carbocycles. The van der Waals surface area contributed by atoms with Gasteiger partial charge >= 0.3 is 6.61 Å². The highest BCUT2D eigenvalue weighted by atomic mass is 19.3. The van der Waals surface area contributed by atoms with Crippen LogP contribution in [0.4, 0.5) is 14.5 Å². The summed E-state index contributed by atoms with van der Waals surface area (Å²) in [5.74, 6) is 0.318. The number of alkyl halides is 2. The van der Waals surface area contributed by atoms with Crippen molar-refractivity contribution < 1.29 is 23.2 Å². The van der Waals surface area contributed by atoms with E-state index in [1.165, 1.54) is 13.2 Å². The maximum absolute atomic E-state index is 12.5. The van der Waals surface area contributed by atoms with Gasteiger partial charge in [0.25, 0.3) is 5.69 Å². The number of piperazine rings is 1. The first kappa shape index (κ1) is 20.3. The van der Waals surface area contributed by atoms with Gasteiger partial charge in [0.2, 0.25) is 0 Å². The van der Waals surface area contributed by atoms with E-state index in [0.717, 1.165) is 38.8 Å². The minimum Gasteiger partial charge on any atom is -0.493 e. The van der Waals surface area contributed by atoms with Gasteiger partial charge in [-0.15, -0.1) is 0 Å². The number of hydrogen-bond acceptors (Lipinski definition) is 6. The average Bonchev–Trinajstić information content (AvgIpc) is 2.56. The topological polar surface area (TPSA) is 68.1 Å². The van der Waals surface area contributed by atoms with Gasteiger partial charge in [-0.05, 0) is 12.0 Å². The Morgan fingerprint density at radius 1 is 1.15 bits per heavy atom. The number of methoxy groups -OCH3 is 1. The van der Waals surface area contributed by atoms with Gasteiger partial charge in [0.1, 0.15) is 0 Å². The minimum atomic E-state index is -3.08. The number of nitro groups is 1. The summed E-state index contributed by atoms with van der Waals surface area (Å²) in [4.78, 5) is 15.3. The normalized spacial score (nSPS) is 16.3. The van der Waals surface area contributed by atoms with Crippen LogP contribution in [-0.4, -0.2) is 61.2 Å². The van der Waals surface area contributed by atoms with Crippen molar-refractivity contribution >= 4 is 5.69 Å². The zero-order valence-corrected chi connectivity index (χ0v) is 15.3. The van der Waals surface area contributed by atoms with Crippen LogP contribution in [0.3, 0.4) is 0 Å². The van der Waals surface area contributed by atoms with Gasteiger partial charge < -0.3 is 14.4 Å². The van der Waals surface area contributed by atoms with Gasteiger partial charge in [-0.2, -0.15) is 8.78 Å². The van der Waals surface area contributed by atoms with E-state index < -0.39 is 11.5 Å². The highest BCUT2D eigenvalue weighted by Crippen LogP contribution is 2.36. The Labute approximate surface area is 151 Å². The Morgan fingerprint density at radius 3 is 2.27 bits per heavy atom. The van der Waals surface area contributed by atoms with Crippen LogP contribution in [0.5, 0.6) is 11.5 Å². The number of ether oxygens (including phenoxy) is 2. The molecule has 0 bridgehead atoms. The third kappa shape index (κ3) is 5.50. The van der Waals surface area contributed by atoms with E-state index in [4.69, 9.17) is 4.74 Å². The second-order valence-electron chi connectivity index (χ2n) is 6.74. The lowest BCUT2D eigenvalue weighted by Crippen LogP contribution is -2.46. The third-order valence-electron chi connectivity index (χ3n) is 4.26. The first-order chi connectivity index (χ1) is 12.3. The van der Waals surface area contributed by atoms with Crippen molar-refractivity contribution in [3.63, 3.8) is 0 Å². The molecule has 0 saturated carbocycles. The lowest BCUT2D eigenvalue weighted by atomic mass is 10.1. The van der Waals surface area contributed by atoms with E-state index in [0.29, 0.717) is 18.0 Å². The summed E-state index contributed by atoms with van der Waals surface area (Å²) in [6.45, 7) is 6.03. The molecule has 1 heterocycles. The Kier molecular flexibility index (Phi) is 7.10. The number of rotatable bonds is 8. The molecule has 0 amide bonds. The molecule has 146 valence electrons. The smallest absolute Gasteiger partial charge is 0.387 e. The number of halogens is 2. The molecule has 0 aliphatic carbocycles. The maximum atomic E-state index is 12.5. The van der Waals surface area contributed by atoms with Gasteiger partial charge in [-0.25, -0.2) is 0 Å². The van der Waals surface area contributed by atoms with E-state index in [-0.39, 0.29) is 17.2 Å². The van der Waals surface area contributed by atoms with Crippen molar-refractivity contribution in [3.05, 3.63) is 27.8 Å². The van der Waals surface area contributed by atoms with Gasteiger partial charge in [-0.1, -0.05) is 13.8 Å². The molecular formula is C17H25F2N3O4. The molecule has 9 heteroatoms. The van der Waals surface area contributed by atoms with Gasteiger partial charge in [-0.3, -0.25) is 15.0 Å². The summed E-state index contributed by atoms with van der Waals surface area (Å²) in [6, 6.07) is 2.42. The fourth-order valence-corrected chi connectivity index (χ4v) is 3.12. The summed E-state index contributed by atoms with van der Waals surface area (Å²) in [5.41, 5.74) is 0.178. The predicted molar refractivity (Wildman–Crippen MR) is 92.8 cm³/mol. The molecule has 0 radical (unpaired) electrons. The van der Waals surface area contributed by atoms with Crippen LogP contribution in [-0.2, 0) is 6.54 Å². The largest absolute Gasteiger partial charge is 0.493 e. The first-order valence-corrected chi connectivity index (χ1v) is 8.55. The van der Waals surface area contributed by atoms with Crippen molar-refractivity contribution in [2.45, 2.75) is 27.0 Å². The number of nitrogens with zero attached hydrogens (tertiary/aromatic N) is 3. The van der Waals surface area contributed by atoms with Crippen LogP contribution >= 0.6 is 0 Å². The van der Waals surface area contributed by atoms with Crippen LogP contribution in [0.15, 0.2) is 12.1 Å². The molecule has 1 fully saturated rings. The van der Waals surface area contributed by atoms with E-state index in [1.54, 1.807) is 0 Å². The highest BCUT2D eigenvalue weighted by Gasteiger charge is 2.25. The van der Waals surface area contributed by atoms with Crippen LogP contribution < -0.4 is 9.47 Å². The maximum Gasteiger partial charge on any atom is 0.387 e. The molecule has 0 aromatic heterocycles. The third-order valence-corrected chi connectivity index (χ3v) is 4.26. The molecule has 0 unspecified atom stereocenters. The zero-order valence-electron chi connectivity index (χ0n) is 15.3. The van der Waals surface area contributed by atoms with Crippen LogP contribution in [0.1, 0.15) is 19.4 Å². The molecule has 0 spiro atoms. The Hall–Kier alpha value is -2.00. The number of nitro benzene ring substituents is 1. The molecule has 2 rings (SSSR count). The molecule has 1 aliphatic rings. The van der Waals surface area contributed by atoms with E-state index >= 15 is 0 Å². The molecule has 1 aromatic rings. The molecule has 1 saturated heterocycles. The van der Waals surface area contributed by atoms with Gasteiger partial charge in [0.15, 0.2) is 11.5 Å². The van der Waals surface area contributed by atoms with Crippen LogP contribution in [0.25, 0.3) is 0 Å². The fourth-order valence-electron chi connectivity index (χ4n) is 3.12. The molecular weight excluding hydrogens is 348 g/mol. The highest BCUT2D eigenvalue weighted by molar-refractivity contribution is 5.54.